The number of fused-ring (bicyclic) bond motifs is 4. The molecule has 1 aliphatic carbocycles. The Morgan fingerprint density at radius 2 is 1.97 bits per heavy atom. The lowest BCUT2D eigenvalue weighted by atomic mass is 10.1. The van der Waals surface area contributed by atoms with Crippen LogP contribution in [0.15, 0.2) is 48.7 Å². The summed E-state index contributed by atoms with van der Waals surface area (Å²) < 4.78 is 46.7. The molecule has 1 saturated carbocycles. The van der Waals surface area contributed by atoms with Crippen LogP contribution in [0.5, 0.6) is 5.88 Å². The van der Waals surface area contributed by atoms with E-state index in [2.05, 4.69) is 9.97 Å². The fourth-order valence-electron chi connectivity index (χ4n) is 4.51. The van der Waals surface area contributed by atoms with E-state index in [0.717, 1.165) is 29.9 Å². The molecule has 34 heavy (non-hydrogen) atoms. The molecule has 0 radical (unpaired) electrons. The summed E-state index contributed by atoms with van der Waals surface area (Å²) in [5.74, 6) is 0.485. The second kappa shape index (κ2) is 7.34. The number of rotatable bonds is 4. The van der Waals surface area contributed by atoms with E-state index < -0.39 is 17.9 Å². The maximum Gasteiger partial charge on any atom is 0.433 e. The van der Waals surface area contributed by atoms with Crippen LogP contribution in [-0.4, -0.2) is 38.3 Å². The first-order valence-electron chi connectivity index (χ1n) is 11.0. The van der Waals surface area contributed by atoms with Crippen LogP contribution in [0.25, 0.3) is 16.6 Å². The quantitative estimate of drug-likeness (QED) is 0.479. The van der Waals surface area contributed by atoms with Gasteiger partial charge in [-0.3, -0.25) is 4.79 Å². The Morgan fingerprint density at radius 1 is 1.15 bits per heavy atom. The van der Waals surface area contributed by atoms with Gasteiger partial charge in [0.25, 0.3) is 5.91 Å². The van der Waals surface area contributed by atoms with E-state index in [1.54, 1.807) is 23.1 Å². The summed E-state index contributed by atoms with van der Waals surface area (Å²) in [6, 6.07) is 10.7. The number of anilines is 1. The Kier molecular flexibility index (Phi) is 4.48. The molecule has 1 aromatic carbocycles. The summed E-state index contributed by atoms with van der Waals surface area (Å²) in [5.41, 5.74) is 8.13. The number of amides is 1. The zero-order chi connectivity index (χ0) is 23.6. The van der Waals surface area contributed by atoms with Crippen molar-refractivity contribution in [2.75, 3.05) is 18.9 Å². The molecule has 0 spiro atoms. The predicted molar refractivity (Wildman–Crippen MR) is 118 cm³/mol. The number of pyridine rings is 1. The van der Waals surface area contributed by atoms with Crippen LogP contribution in [0.2, 0.25) is 0 Å². The average Bonchev–Trinajstić information content (AvgIpc) is 3.31. The largest absolute Gasteiger partial charge is 0.475 e. The maximum absolute atomic E-state index is 13.7. The standard InChI is InChI=1S/C24H20F3N5O2/c25-24(26,27)20-8-6-15-19(12-34-22(15)30-20)32(11-13-3-4-13)23(33)14-5-7-16-18(10-14)31-9-1-2-17(31)21(28)29-16/h1-2,5-10,13,19H,3-4,11-12H2,(H2,28,29). The molecule has 2 N–H and O–H groups in total. The summed E-state index contributed by atoms with van der Waals surface area (Å²) >= 11 is 0. The second-order valence-corrected chi connectivity index (χ2v) is 8.78. The molecular formula is C24H20F3N5O2. The van der Waals surface area contributed by atoms with E-state index in [1.165, 1.54) is 6.07 Å². The van der Waals surface area contributed by atoms with Gasteiger partial charge in [0.05, 0.1) is 22.6 Å². The van der Waals surface area contributed by atoms with Gasteiger partial charge in [0.15, 0.2) is 0 Å². The minimum Gasteiger partial charge on any atom is -0.475 e. The van der Waals surface area contributed by atoms with Crippen molar-refractivity contribution in [3.05, 3.63) is 65.5 Å². The van der Waals surface area contributed by atoms with Gasteiger partial charge in [0, 0.05) is 23.9 Å². The molecule has 0 bridgehead atoms. The van der Waals surface area contributed by atoms with Crippen LogP contribution in [0.3, 0.4) is 0 Å². The topological polar surface area (TPSA) is 85.8 Å². The minimum absolute atomic E-state index is 0.0651. The SMILES string of the molecule is Nc1nc2ccc(C(=O)N(CC3CC3)C3COc4nc(C(F)(F)F)ccc43)cc2n2cccc12. The van der Waals surface area contributed by atoms with Crippen LogP contribution < -0.4 is 10.5 Å². The molecule has 1 atom stereocenters. The van der Waals surface area contributed by atoms with E-state index in [1.807, 2.05) is 22.7 Å². The van der Waals surface area contributed by atoms with E-state index in [9.17, 15) is 18.0 Å². The van der Waals surface area contributed by atoms with Crippen LogP contribution in [0.4, 0.5) is 19.0 Å². The van der Waals surface area contributed by atoms with Crippen molar-refractivity contribution in [3.63, 3.8) is 0 Å². The Hall–Kier alpha value is -3.82. The number of aromatic nitrogens is 3. The van der Waals surface area contributed by atoms with Crippen molar-refractivity contribution in [2.45, 2.75) is 25.1 Å². The number of alkyl halides is 3. The van der Waals surface area contributed by atoms with E-state index in [-0.39, 0.29) is 18.4 Å². The van der Waals surface area contributed by atoms with Crippen molar-refractivity contribution in [1.29, 1.82) is 0 Å². The van der Waals surface area contributed by atoms with Gasteiger partial charge in [0.2, 0.25) is 5.88 Å². The highest BCUT2D eigenvalue weighted by Gasteiger charge is 2.40. The number of nitrogen functional groups attached to an aromatic ring is 1. The number of nitrogens with zero attached hydrogens (tertiary/aromatic N) is 4. The molecule has 0 saturated heterocycles. The summed E-state index contributed by atoms with van der Waals surface area (Å²) in [6.45, 7) is 0.569. The Morgan fingerprint density at radius 3 is 2.74 bits per heavy atom. The predicted octanol–water partition coefficient (Wildman–Crippen LogP) is 4.47. The van der Waals surface area contributed by atoms with Crippen LogP contribution >= 0.6 is 0 Å². The second-order valence-electron chi connectivity index (χ2n) is 8.78. The number of ether oxygens (including phenoxy) is 1. The third-order valence-corrected chi connectivity index (χ3v) is 6.44. The average molecular weight is 467 g/mol. The minimum atomic E-state index is -4.56. The van der Waals surface area contributed by atoms with Crippen LogP contribution in [0.1, 0.15) is 40.5 Å². The van der Waals surface area contributed by atoms with Gasteiger partial charge < -0.3 is 19.8 Å². The van der Waals surface area contributed by atoms with Crippen LogP contribution in [-0.2, 0) is 6.18 Å². The zero-order valence-electron chi connectivity index (χ0n) is 17.9. The first-order chi connectivity index (χ1) is 16.3. The van der Waals surface area contributed by atoms with Crippen LogP contribution in [0, 0.1) is 5.92 Å². The number of halogens is 3. The van der Waals surface area contributed by atoms with Crippen molar-refractivity contribution in [2.24, 2.45) is 5.92 Å². The van der Waals surface area contributed by atoms with Gasteiger partial charge >= 0.3 is 6.18 Å². The highest BCUT2D eigenvalue weighted by atomic mass is 19.4. The molecule has 1 aliphatic heterocycles. The molecule has 4 heterocycles. The fourth-order valence-corrected chi connectivity index (χ4v) is 4.51. The molecule has 174 valence electrons. The molecule has 2 aliphatic rings. The summed E-state index contributed by atoms with van der Waals surface area (Å²) in [7, 11) is 0. The molecule has 10 heteroatoms. The van der Waals surface area contributed by atoms with Crippen molar-refractivity contribution >= 4 is 28.3 Å². The molecule has 7 nitrogen and oxygen atoms in total. The lowest BCUT2D eigenvalue weighted by molar-refractivity contribution is -0.141. The van der Waals surface area contributed by atoms with Gasteiger partial charge in [-0.05, 0) is 61.2 Å². The molecule has 1 amide bonds. The van der Waals surface area contributed by atoms with Crippen molar-refractivity contribution in [3.8, 4) is 5.88 Å². The van der Waals surface area contributed by atoms with Gasteiger partial charge in [0.1, 0.15) is 18.1 Å². The fraction of sp³-hybridized carbons (Fsp3) is 0.292. The number of hydrogen-bond acceptors (Lipinski definition) is 5. The highest BCUT2D eigenvalue weighted by molar-refractivity contribution is 5.98. The number of hydrogen-bond donors (Lipinski definition) is 1. The lowest BCUT2D eigenvalue weighted by Gasteiger charge is -2.28. The third kappa shape index (κ3) is 3.41. The molecule has 1 fully saturated rings. The third-order valence-electron chi connectivity index (χ3n) is 6.44. The molecule has 1 unspecified atom stereocenters. The zero-order valence-corrected chi connectivity index (χ0v) is 17.9. The van der Waals surface area contributed by atoms with Crippen molar-refractivity contribution < 1.29 is 22.7 Å². The Bertz CT molecular complexity index is 1440. The van der Waals surface area contributed by atoms with E-state index >= 15 is 0 Å². The summed E-state index contributed by atoms with van der Waals surface area (Å²) in [4.78, 5) is 23.5. The number of carbonyl (C=O) groups excluding carboxylic acids is 1. The monoisotopic (exact) mass is 467 g/mol. The van der Waals surface area contributed by atoms with Gasteiger partial charge in [-0.2, -0.15) is 13.2 Å². The van der Waals surface area contributed by atoms with Gasteiger partial charge in [-0.1, -0.05) is 0 Å². The normalized spacial score (nSPS) is 17.7. The summed E-state index contributed by atoms with van der Waals surface area (Å²) in [5, 5.41) is 0. The first kappa shape index (κ1) is 20.8. The molecule has 3 aromatic heterocycles. The maximum atomic E-state index is 13.7. The highest BCUT2D eigenvalue weighted by Crippen LogP contribution is 2.41. The number of nitrogens with two attached hydrogens (primary N) is 1. The number of benzene rings is 1. The smallest absolute Gasteiger partial charge is 0.433 e. The van der Waals surface area contributed by atoms with Gasteiger partial charge in [-0.25, -0.2) is 9.97 Å². The molecule has 6 rings (SSSR count). The number of carbonyl (C=O) groups is 1. The van der Waals surface area contributed by atoms with E-state index in [0.29, 0.717) is 34.9 Å². The Balaban J connectivity index is 1.39. The van der Waals surface area contributed by atoms with E-state index in [4.69, 9.17) is 10.5 Å². The molecule has 4 aromatic rings. The molecular weight excluding hydrogens is 447 g/mol. The Labute approximate surface area is 192 Å². The van der Waals surface area contributed by atoms with Gasteiger partial charge in [-0.15, -0.1) is 0 Å². The summed E-state index contributed by atoms with van der Waals surface area (Å²) in [6.07, 6.45) is -0.677. The van der Waals surface area contributed by atoms with Crippen molar-refractivity contribution in [1.82, 2.24) is 19.3 Å². The lowest BCUT2D eigenvalue weighted by Crippen LogP contribution is -2.37. The first-order valence-corrected chi connectivity index (χ1v) is 11.0.